The number of ether oxygens (including phenoxy) is 1. The molecular weight excluding hydrogens is 222 g/mol. The second-order valence-corrected chi connectivity index (χ2v) is 3.14. The molecule has 0 aliphatic heterocycles. The lowest BCUT2D eigenvalue weighted by Gasteiger charge is -2.00. The second kappa shape index (κ2) is 6.26. The maximum Gasteiger partial charge on any atom is 0.332 e. The Hall–Kier alpha value is -2.37. The van der Waals surface area contributed by atoms with Crippen molar-refractivity contribution >= 4 is 18.0 Å². The zero-order valence-electron chi connectivity index (χ0n) is 9.34. The summed E-state index contributed by atoms with van der Waals surface area (Å²) in [5.74, 6) is 0.577. The Kier molecular flexibility index (Phi) is 4.68. The molecule has 0 spiro atoms. The van der Waals surface area contributed by atoms with Crippen LogP contribution in [0.4, 0.5) is 4.79 Å². The van der Waals surface area contributed by atoms with Gasteiger partial charge in [0.25, 0.3) is 0 Å². The van der Waals surface area contributed by atoms with Crippen LogP contribution in [0.3, 0.4) is 0 Å². The van der Waals surface area contributed by atoms with Gasteiger partial charge in [-0.15, -0.1) is 0 Å². The molecule has 6 nitrogen and oxygen atoms in total. The van der Waals surface area contributed by atoms with Crippen molar-refractivity contribution in [1.29, 1.82) is 0 Å². The number of Topliss-reactive ketones (excluding diaryl/α,β-unsaturated/α-hetero) is 1. The second-order valence-electron chi connectivity index (χ2n) is 3.14. The Morgan fingerprint density at radius 2 is 2.06 bits per heavy atom. The van der Waals surface area contributed by atoms with Crippen molar-refractivity contribution in [2.24, 2.45) is 10.8 Å². The first-order valence-corrected chi connectivity index (χ1v) is 4.87. The number of carbonyl (C=O) groups is 2. The zero-order chi connectivity index (χ0) is 12.7. The van der Waals surface area contributed by atoms with Crippen LogP contribution in [0, 0.1) is 0 Å². The molecule has 0 atom stereocenters. The Morgan fingerprint density at radius 1 is 1.41 bits per heavy atom. The zero-order valence-corrected chi connectivity index (χ0v) is 9.34. The lowest BCUT2D eigenvalue weighted by molar-refractivity contribution is 0.100. The summed E-state index contributed by atoms with van der Waals surface area (Å²) in [6.45, 7) is 0. The maximum atomic E-state index is 11.6. The minimum Gasteiger partial charge on any atom is -0.497 e. The first kappa shape index (κ1) is 12.7. The van der Waals surface area contributed by atoms with Gasteiger partial charge >= 0.3 is 6.03 Å². The molecule has 0 unspecified atom stereocenters. The van der Waals surface area contributed by atoms with Crippen molar-refractivity contribution in [2.75, 3.05) is 7.11 Å². The van der Waals surface area contributed by atoms with Gasteiger partial charge in [0.1, 0.15) is 5.75 Å². The number of hydrogen-bond acceptors (Lipinski definition) is 4. The average molecular weight is 235 g/mol. The van der Waals surface area contributed by atoms with Gasteiger partial charge in [-0.3, -0.25) is 4.79 Å². The highest BCUT2D eigenvalue weighted by Crippen LogP contribution is 2.12. The monoisotopic (exact) mass is 235 g/mol. The highest BCUT2D eigenvalue weighted by atomic mass is 16.5. The summed E-state index contributed by atoms with van der Waals surface area (Å²) in [6.07, 6.45) is 1.38. The molecule has 0 aliphatic carbocycles. The molecule has 0 saturated heterocycles. The van der Waals surface area contributed by atoms with Crippen LogP contribution in [0.5, 0.6) is 5.75 Å². The van der Waals surface area contributed by atoms with E-state index in [0.29, 0.717) is 11.3 Å². The Labute approximate surface area is 98.4 Å². The number of nitrogens with one attached hydrogen (secondary N) is 1. The Balaban J connectivity index is 2.52. The first-order valence-electron chi connectivity index (χ1n) is 4.87. The highest BCUT2D eigenvalue weighted by Gasteiger charge is 2.03. The fraction of sp³-hybridized carbons (Fsp3) is 0.182. The SMILES string of the molecule is COc1ccc(C(=O)C/C=N\NC(N)=O)cc1. The summed E-state index contributed by atoms with van der Waals surface area (Å²) in [5.41, 5.74) is 7.35. The molecule has 6 heteroatoms. The number of rotatable bonds is 5. The maximum absolute atomic E-state index is 11.6. The van der Waals surface area contributed by atoms with Crippen LogP contribution < -0.4 is 15.9 Å². The molecule has 2 amide bonds. The number of methoxy groups -OCH3 is 1. The van der Waals surface area contributed by atoms with Crippen molar-refractivity contribution in [3.8, 4) is 5.75 Å². The van der Waals surface area contributed by atoms with Crippen molar-refractivity contribution in [2.45, 2.75) is 6.42 Å². The van der Waals surface area contributed by atoms with Crippen LogP contribution in [-0.4, -0.2) is 25.1 Å². The van der Waals surface area contributed by atoms with Gasteiger partial charge in [0, 0.05) is 18.2 Å². The van der Waals surface area contributed by atoms with Gasteiger partial charge in [-0.1, -0.05) is 0 Å². The minimum atomic E-state index is -0.766. The fourth-order valence-corrected chi connectivity index (χ4v) is 1.13. The molecule has 3 N–H and O–H groups in total. The topological polar surface area (TPSA) is 93.8 Å². The lowest BCUT2D eigenvalue weighted by atomic mass is 10.1. The van der Waals surface area contributed by atoms with Crippen LogP contribution in [0.2, 0.25) is 0 Å². The summed E-state index contributed by atoms with van der Waals surface area (Å²) in [5, 5.41) is 3.48. The van der Waals surface area contributed by atoms with Crippen LogP contribution in [0.15, 0.2) is 29.4 Å². The van der Waals surface area contributed by atoms with Crippen molar-refractivity contribution in [3.05, 3.63) is 29.8 Å². The van der Waals surface area contributed by atoms with Crippen molar-refractivity contribution in [3.63, 3.8) is 0 Å². The molecule has 0 bridgehead atoms. The molecule has 0 saturated carbocycles. The third-order valence-corrected chi connectivity index (χ3v) is 1.95. The molecule has 0 aromatic heterocycles. The molecule has 0 fully saturated rings. The number of urea groups is 1. The summed E-state index contributed by atoms with van der Waals surface area (Å²) < 4.78 is 4.97. The van der Waals surface area contributed by atoms with Gasteiger partial charge in [0.05, 0.1) is 7.11 Å². The number of carbonyl (C=O) groups excluding carboxylic acids is 2. The molecule has 0 heterocycles. The predicted octanol–water partition coefficient (Wildman–Crippen LogP) is 0.922. The summed E-state index contributed by atoms with van der Waals surface area (Å²) in [6, 6.07) is 5.96. The van der Waals surface area contributed by atoms with E-state index in [1.165, 1.54) is 6.21 Å². The third kappa shape index (κ3) is 4.33. The van der Waals surface area contributed by atoms with Crippen LogP contribution in [0.25, 0.3) is 0 Å². The van der Waals surface area contributed by atoms with E-state index in [1.807, 2.05) is 5.43 Å². The van der Waals surface area contributed by atoms with E-state index in [2.05, 4.69) is 5.10 Å². The van der Waals surface area contributed by atoms with E-state index in [4.69, 9.17) is 10.5 Å². The largest absolute Gasteiger partial charge is 0.497 e. The number of ketones is 1. The highest BCUT2D eigenvalue weighted by molar-refractivity contribution is 6.03. The molecule has 1 aromatic rings. The van der Waals surface area contributed by atoms with E-state index >= 15 is 0 Å². The number of hydrazone groups is 1. The molecule has 17 heavy (non-hydrogen) atoms. The number of primary amides is 1. The van der Waals surface area contributed by atoms with Gasteiger partial charge in [-0.2, -0.15) is 5.10 Å². The van der Waals surface area contributed by atoms with Gasteiger partial charge in [-0.25, -0.2) is 10.2 Å². The smallest absolute Gasteiger partial charge is 0.332 e. The van der Waals surface area contributed by atoms with Gasteiger partial charge in [0.2, 0.25) is 0 Å². The van der Waals surface area contributed by atoms with Gasteiger partial charge in [-0.05, 0) is 24.3 Å². The Morgan fingerprint density at radius 3 is 2.59 bits per heavy atom. The number of amides is 2. The van der Waals surface area contributed by atoms with Crippen molar-refractivity contribution < 1.29 is 14.3 Å². The molecule has 1 aromatic carbocycles. The number of nitrogens with two attached hydrogens (primary N) is 1. The van der Waals surface area contributed by atoms with Crippen LogP contribution in [-0.2, 0) is 0 Å². The molecule has 0 aliphatic rings. The molecule has 1 rings (SSSR count). The minimum absolute atomic E-state index is 0.0899. The van der Waals surface area contributed by atoms with E-state index in [-0.39, 0.29) is 12.2 Å². The van der Waals surface area contributed by atoms with Crippen LogP contribution in [0.1, 0.15) is 16.8 Å². The number of nitrogens with zero attached hydrogens (tertiary/aromatic N) is 1. The predicted molar refractivity (Wildman–Crippen MR) is 63.2 cm³/mol. The van der Waals surface area contributed by atoms with E-state index < -0.39 is 6.03 Å². The van der Waals surface area contributed by atoms with Gasteiger partial charge < -0.3 is 10.5 Å². The standard InChI is InChI=1S/C11H13N3O3/c1-17-9-4-2-8(3-5-9)10(15)6-7-13-14-11(12)16/h2-5,7H,6H2,1H3,(H3,12,14,16)/b13-7-. The Bertz CT molecular complexity index is 426. The van der Waals surface area contributed by atoms with E-state index in [9.17, 15) is 9.59 Å². The summed E-state index contributed by atoms with van der Waals surface area (Å²) in [4.78, 5) is 21.9. The van der Waals surface area contributed by atoms with Crippen molar-refractivity contribution in [1.82, 2.24) is 5.43 Å². The first-order chi connectivity index (χ1) is 8.13. The number of benzene rings is 1. The quantitative estimate of drug-likeness (QED) is 0.451. The summed E-state index contributed by atoms with van der Waals surface area (Å²) >= 11 is 0. The van der Waals surface area contributed by atoms with E-state index in [0.717, 1.165) is 0 Å². The fourth-order valence-electron chi connectivity index (χ4n) is 1.13. The summed E-state index contributed by atoms with van der Waals surface area (Å²) in [7, 11) is 1.55. The lowest BCUT2D eigenvalue weighted by Crippen LogP contribution is -2.24. The molecule has 0 radical (unpaired) electrons. The van der Waals surface area contributed by atoms with Gasteiger partial charge in [0.15, 0.2) is 5.78 Å². The third-order valence-electron chi connectivity index (χ3n) is 1.95. The molecular formula is C11H13N3O3. The number of hydrogen-bond donors (Lipinski definition) is 2. The van der Waals surface area contributed by atoms with Crippen LogP contribution >= 0.6 is 0 Å². The molecule has 90 valence electrons. The van der Waals surface area contributed by atoms with E-state index in [1.54, 1.807) is 31.4 Å². The normalized spacial score (nSPS) is 10.2. The average Bonchev–Trinajstić information content (AvgIpc) is 2.34.